The molecule has 4 rings (SSSR count). The molecule has 0 fully saturated rings. The van der Waals surface area contributed by atoms with Crippen molar-refractivity contribution >= 4 is 53.4 Å². The van der Waals surface area contributed by atoms with Crippen molar-refractivity contribution in [2.24, 2.45) is 0 Å². The van der Waals surface area contributed by atoms with E-state index in [9.17, 15) is 48.8 Å². The summed E-state index contributed by atoms with van der Waals surface area (Å²) >= 11 is 0. The van der Waals surface area contributed by atoms with Gasteiger partial charge in [-0.2, -0.15) is 29.8 Å². The van der Waals surface area contributed by atoms with Crippen LogP contribution >= 0.6 is 0 Å². The Bertz CT molecular complexity index is 2440. The van der Waals surface area contributed by atoms with Crippen molar-refractivity contribution in [3.8, 4) is 0 Å². The first-order valence-electron chi connectivity index (χ1n) is 22.8. The fourth-order valence-corrected chi connectivity index (χ4v) is 10.1. The van der Waals surface area contributed by atoms with E-state index in [1.807, 2.05) is 35.5 Å². The quantitative estimate of drug-likeness (QED) is 0.0409. The van der Waals surface area contributed by atoms with Gasteiger partial charge in [0.05, 0.1) is 87.0 Å². The summed E-state index contributed by atoms with van der Waals surface area (Å²) in [4.78, 5) is 12.7. The monoisotopic (exact) mass is 1030 g/mol. The average Bonchev–Trinajstić information content (AvgIpc) is 3.64. The Balaban J connectivity index is 1.64. The first kappa shape index (κ1) is 57.9. The fourth-order valence-electron chi connectivity index (χ4n) is 8.54. The number of fused-ring (bicyclic) bond motifs is 2. The predicted octanol–water partition coefficient (Wildman–Crippen LogP) is 4.83. The Morgan fingerprint density at radius 2 is 1.19 bits per heavy atom. The summed E-state index contributed by atoms with van der Waals surface area (Å²) in [5.74, 6) is -1.45. The number of hydrogen-bond acceptors (Lipinski definition) is 15. The topological polar surface area (TPSA) is 271 Å². The standard InChI is InChI=1S/C46H68N2O18S3/c1-45(17-9-33-67(51,52)53)38-34-36(68(54,55)56)14-16-41(38)48(20-22-60-3)42(45)10-8-11-43-46(2,18-21-62-25-26-64-29-30-66-32-31-65-28-27-63-24-23-61-4)39-35-37(69(57,58)59)13-15-40(39)47(43)19-7-5-6-12-44(49)50/h8,10-11,13-16,34-35H,5-7,9,12,17-33H2,1-4H3,(H3-,49,50,51,52,53,54,55,56,57,58,59)/p+1. The van der Waals surface area contributed by atoms with Gasteiger partial charge in [0.2, 0.25) is 5.69 Å². The number of nitrogens with zero attached hydrogens (tertiary/aromatic N) is 2. The summed E-state index contributed by atoms with van der Waals surface area (Å²) in [6.07, 6.45) is 7.62. The molecule has 0 radical (unpaired) electrons. The lowest BCUT2D eigenvalue weighted by atomic mass is 9.75. The van der Waals surface area contributed by atoms with Crippen LogP contribution in [-0.2, 0) is 79.1 Å². The molecule has 2 atom stereocenters. The van der Waals surface area contributed by atoms with Crippen molar-refractivity contribution < 1.29 is 86.5 Å². The third kappa shape index (κ3) is 17.3. The Morgan fingerprint density at radius 1 is 0.652 bits per heavy atom. The lowest BCUT2D eigenvalue weighted by molar-refractivity contribution is -0.441. The summed E-state index contributed by atoms with van der Waals surface area (Å²) in [5, 5.41) is 9.26. The summed E-state index contributed by atoms with van der Waals surface area (Å²) in [7, 11) is -10.5. The Kier molecular flexibility index (Phi) is 22.8. The van der Waals surface area contributed by atoms with Crippen LogP contribution in [0, 0.1) is 0 Å². The third-order valence-corrected chi connectivity index (χ3v) is 14.6. The second-order valence-electron chi connectivity index (χ2n) is 17.0. The third-order valence-electron chi connectivity index (χ3n) is 12.1. The second-order valence-corrected chi connectivity index (χ2v) is 21.4. The molecule has 2 unspecified atom stereocenters. The SMILES string of the molecule is COCCOCCOCCOCCOCCOCCC1(C)/C(=C\C=C\C2=[N+](CCOC)c3ccc(S(=O)(=O)O)cc3C2(C)CCCS(=O)(=O)O)N(CCCCCC(=O)O)c2ccc(S(=O)(=O)O)cc21. The van der Waals surface area contributed by atoms with Crippen LogP contribution in [0.1, 0.15) is 69.9 Å². The largest absolute Gasteiger partial charge is 0.481 e. The molecule has 0 aromatic heterocycles. The van der Waals surface area contributed by atoms with Crippen molar-refractivity contribution in [1.82, 2.24) is 0 Å². The molecule has 2 aromatic rings. The highest BCUT2D eigenvalue weighted by Gasteiger charge is 2.48. The smallest absolute Gasteiger partial charge is 0.303 e. The van der Waals surface area contributed by atoms with Crippen molar-refractivity contribution in [2.75, 3.05) is 117 Å². The van der Waals surface area contributed by atoms with Gasteiger partial charge in [-0.3, -0.25) is 18.5 Å². The maximum Gasteiger partial charge on any atom is 0.303 e. The molecule has 0 bridgehead atoms. The molecule has 0 saturated heterocycles. The van der Waals surface area contributed by atoms with Crippen LogP contribution in [0.4, 0.5) is 11.4 Å². The molecule has 0 saturated carbocycles. The van der Waals surface area contributed by atoms with Crippen LogP contribution in [0.15, 0.2) is 70.1 Å². The highest BCUT2D eigenvalue weighted by molar-refractivity contribution is 7.86. The van der Waals surface area contributed by atoms with Crippen molar-refractivity contribution in [3.05, 3.63) is 71.5 Å². The number of methoxy groups -OCH3 is 2. The van der Waals surface area contributed by atoms with E-state index >= 15 is 0 Å². The van der Waals surface area contributed by atoms with Gasteiger partial charge in [-0.1, -0.05) is 12.5 Å². The van der Waals surface area contributed by atoms with E-state index in [1.54, 1.807) is 25.3 Å². The predicted molar refractivity (Wildman–Crippen MR) is 256 cm³/mol. The van der Waals surface area contributed by atoms with Gasteiger partial charge in [0.25, 0.3) is 30.4 Å². The van der Waals surface area contributed by atoms with E-state index in [4.69, 9.17) is 33.2 Å². The summed E-state index contributed by atoms with van der Waals surface area (Å²) in [6, 6.07) is 8.62. The minimum atomic E-state index is -4.63. The minimum Gasteiger partial charge on any atom is -0.481 e. The zero-order valence-electron chi connectivity index (χ0n) is 39.9. The molecule has 4 N–H and O–H groups in total. The second kappa shape index (κ2) is 27.2. The number of allylic oxidation sites excluding steroid dienone is 4. The van der Waals surface area contributed by atoms with E-state index in [2.05, 4.69) is 0 Å². The van der Waals surface area contributed by atoms with Crippen molar-refractivity contribution in [1.29, 1.82) is 0 Å². The van der Waals surface area contributed by atoms with Crippen LogP contribution in [0.5, 0.6) is 0 Å². The number of anilines is 1. The number of unbranched alkanes of at least 4 members (excludes halogenated alkanes) is 2. The Hall–Kier alpha value is -3.69. The molecule has 0 aliphatic carbocycles. The van der Waals surface area contributed by atoms with E-state index in [-0.39, 0.29) is 55.5 Å². The molecule has 2 heterocycles. The van der Waals surface area contributed by atoms with E-state index in [0.29, 0.717) is 120 Å². The lowest BCUT2D eigenvalue weighted by Crippen LogP contribution is -2.33. The Labute approximate surface area is 406 Å². The molecular weight excluding hydrogens is 965 g/mol. The van der Waals surface area contributed by atoms with Gasteiger partial charge in [-0.05, 0) is 87.9 Å². The van der Waals surface area contributed by atoms with Crippen molar-refractivity contribution in [2.45, 2.75) is 79.4 Å². The fraction of sp³-hybridized carbons (Fsp3) is 0.609. The number of carboxylic acid groups (broad SMARTS) is 1. The molecule has 69 heavy (non-hydrogen) atoms. The molecule has 2 aromatic carbocycles. The van der Waals surface area contributed by atoms with Gasteiger partial charge < -0.3 is 43.2 Å². The summed E-state index contributed by atoms with van der Waals surface area (Å²) < 4.78 is 144. The van der Waals surface area contributed by atoms with E-state index in [1.165, 1.54) is 31.4 Å². The molecule has 20 nitrogen and oxygen atoms in total. The molecule has 388 valence electrons. The van der Waals surface area contributed by atoms with Crippen LogP contribution in [0.2, 0.25) is 0 Å². The highest BCUT2D eigenvalue weighted by atomic mass is 32.2. The zero-order valence-corrected chi connectivity index (χ0v) is 42.3. The first-order valence-corrected chi connectivity index (χ1v) is 27.2. The maximum atomic E-state index is 12.5. The number of carbonyl (C=O) groups is 1. The molecule has 0 spiro atoms. The highest BCUT2D eigenvalue weighted by Crippen LogP contribution is 2.51. The van der Waals surface area contributed by atoms with Crippen LogP contribution < -0.4 is 4.90 Å². The van der Waals surface area contributed by atoms with Gasteiger partial charge in [-0.25, -0.2) is 0 Å². The molecule has 0 amide bonds. The maximum absolute atomic E-state index is 12.5. The van der Waals surface area contributed by atoms with Crippen molar-refractivity contribution in [3.63, 3.8) is 0 Å². The normalized spacial score (nSPS) is 19.1. The number of rotatable bonds is 35. The Morgan fingerprint density at radius 3 is 1.72 bits per heavy atom. The molecular formula is C46H69N2O18S3+. The number of carboxylic acids is 1. The number of ether oxygens (including phenoxy) is 7. The van der Waals surface area contributed by atoms with Gasteiger partial charge in [0.15, 0.2) is 12.3 Å². The first-order chi connectivity index (χ1) is 32.7. The van der Waals surface area contributed by atoms with E-state index in [0.717, 1.165) is 5.70 Å². The number of benzene rings is 2. The number of hydrogen-bond donors (Lipinski definition) is 4. The zero-order chi connectivity index (χ0) is 50.7. The summed E-state index contributed by atoms with van der Waals surface area (Å²) in [6.45, 7) is 8.94. The minimum absolute atomic E-state index is 0.00188. The van der Waals surface area contributed by atoms with E-state index < -0.39 is 52.9 Å². The van der Waals surface area contributed by atoms with Crippen LogP contribution in [0.3, 0.4) is 0 Å². The van der Waals surface area contributed by atoms with Crippen LogP contribution in [0.25, 0.3) is 0 Å². The average molecular weight is 1030 g/mol. The van der Waals surface area contributed by atoms with Gasteiger partial charge in [0, 0.05) is 68.3 Å². The molecule has 23 heteroatoms. The van der Waals surface area contributed by atoms with Gasteiger partial charge >= 0.3 is 5.97 Å². The number of aliphatic carboxylic acids is 1. The molecule has 2 aliphatic heterocycles. The van der Waals surface area contributed by atoms with Gasteiger partial charge in [-0.15, -0.1) is 0 Å². The lowest BCUT2D eigenvalue weighted by Gasteiger charge is -2.30. The van der Waals surface area contributed by atoms with Crippen LogP contribution in [-0.4, -0.2) is 173 Å². The summed E-state index contributed by atoms with van der Waals surface area (Å²) in [5.41, 5.74) is 1.81. The molecule has 2 aliphatic rings. The van der Waals surface area contributed by atoms with Gasteiger partial charge in [0.1, 0.15) is 6.61 Å².